The fourth-order valence-electron chi connectivity index (χ4n) is 3.48. The van der Waals surface area contributed by atoms with Gasteiger partial charge in [-0.1, -0.05) is 12.1 Å². The number of aliphatic carboxylic acids is 1. The molecule has 0 aromatic heterocycles. The van der Waals surface area contributed by atoms with Crippen LogP contribution in [0, 0.1) is 5.41 Å². The molecule has 0 radical (unpaired) electrons. The molecule has 5 heteroatoms. The number of amides is 2. The summed E-state index contributed by atoms with van der Waals surface area (Å²) >= 11 is 0. The van der Waals surface area contributed by atoms with Gasteiger partial charge < -0.3 is 10.0 Å². The van der Waals surface area contributed by atoms with Crippen LogP contribution < -0.4 is 4.90 Å². The molecule has 0 aliphatic carbocycles. The molecule has 2 heterocycles. The van der Waals surface area contributed by atoms with E-state index in [2.05, 4.69) is 0 Å². The minimum absolute atomic E-state index is 0.105. The highest BCUT2D eigenvalue weighted by Gasteiger charge is 2.39. The van der Waals surface area contributed by atoms with Crippen LogP contribution in [-0.4, -0.2) is 41.1 Å². The summed E-state index contributed by atoms with van der Waals surface area (Å²) in [6.07, 6.45) is 3.86. The van der Waals surface area contributed by atoms with Crippen LogP contribution in [0.5, 0.6) is 0 Å². The Labute approximate surface area is 136 Å². The lowest BCUT2D eigenvalue weighted by Gasteiger charge is -2.27. The lowest BCUT2D eigenvalue weighted by Crippen LogP contribution is -2.38. The van der Waals surface area contributed by atoms with Gasteiger partial charge in [0.25, 0.3) is 0 Å². The summed E-state index contributed by atoms with van der Waals surface area (Å²) < 4.78 is 0. The van der Waals surface area contributed by atoms with E-state index in [1.807, 2.05) is 34.1 Å². The van der Waals surface area contributed by atoms with Crippen molar-refractivity contribution in [3.63, 3.8) is 0 Å². The van der Waals surface area contributed by atoms with E-state index >= 15 is 0 Å². The lowest BCUT2D eigenvalue weighted by molar-refractivity contribution is -0.146. The quantitative estimate of drug-likeness (QED) is 0.928. The van der Waals surface area contributed by atoms with E-state index in [0.717, 1.165) is 37.2 Å². The number of anilines is 1. The third-order valence-electron chi connectivity index (χ3n) is 4.97. The van der Waals surface area contributed by atoms with Gasteiger partial charge in [0.1, 0.15) is 0 Å². The third-order valence-corrected chi connectivity index (χ3v) is 4.97. The molecule has 2 aliphatic heterocycles. The Hall–Kier alpha value is -2.04. The van der Waals surface area contributed by atoms with Crippen molar-refractivity contribution in [2.45, 2.75) is 45.6 Å². The molecule has 1 atom stereocenters. The number of carbonyl (C=O) groups is 2. The van der Waals surface area contributed by atoms with Crippen molar-refractivity contribution in [2.75, 3.05) is 18.0 Å². The molecular weight excluding hydrogens is 292 g/mol. The van der Waals surface area contributed by atoms with E-state index in [9.17, 15) is 14.7 Å². The molecule has 2 aliphatic rings. The Morgan fingerprint density at radius 2 is 1.96 bits per heavy atom. The maximum Gasteiger partial charge on any atom is 0.324 e. The first-order valence-corrected chi connectivity index (χ1v) is 8.29. The number of nitrogens with zero attached hydrogens (tertiary/aromatic N) is 2. The number of urea groups is 1. The van der Waals surface area contributed by atoms with Crippen molar-refractivity contribution >= 4 is 17.7 Å². The van der Waals surface area contributed by atoms with Crippen LogP contribution in [0.2, 0.25) is 0 Å². The number of benzene rings is 1. The van der Waals surface area contributed by atoms with Gasteiger partial charge in [-0.25, -0.2) is 4.79 Å². The molecular formula is C18H24N2O3. The van der Waals surface area contributed by atoms with Crippen molar-refractivity contribution in [2.24, 2.45) is 5.41 Å². The fourth-order valence-corrected chi connectivity index (χ4v) is 3.48. The number of hydrogen-bond acceptors (Lipinski definition) is 2. The topological polar surface area (TPSA) is 60.9 Å². The van der Waals surface area contributed by atoms with Crippen LogP contribution in [0.15, 0.2) is 24.3 Å². The molecule has 1 aromatic rings. The molecule has 0 spiro atoms. The predicted molar refractivity (Wildman–Crippen MR) is 88.6 cm³/mol. The predicted octanol–water partition coefficient (Wildman–Crippen LogP) is 3.13. The second kappa shape index (κ2) is 5.87. The van der Waals surface area contributed by atoms with Gasteiger partial charge >= 0.3 is 12.0 Å². The van der Waals surface area contributed by atoms with Gasteiger partial charge in [0, 0.05) is 18.8 Å². The maximum atomic E-state index is 12.5. The van der Waals surface area contributed by atoms with Crippen molar-refractivity contribution in [3.8, 4) is 0 Å². The Morgan fingerprint density at radius 1 is 1.26 bits per heavy atom. The zero-order valence-corrected chi connectivity index (χ0v) is 13.8. The molecule has 2 fully saturated rings. The van der Waals surface area contributed by atoms with E-state index < -0.39 is 11.4 Å². The molecule has 124 valence electrons. The smallest absolute Gasteiger partial charge is 0.324 e. The lowest BCUT2D eigenvalue weighted by atomic mass is 9.86. The van der Waals surface area contributed by atoms with Gasteiger partial charge in [-0.05, 0) is 57.2 Å². The molecule has 23 heavy (non-hydrogen) atoms. The Morgan fingerprint density at radius 3 is 2.57 bits per heavy atom. The zero-order valence-electron chi connectivity index (χ0n) is 13.8. The fraction of sp³-hybridized carbons (Fsp3) is 0.556. The highest BCUT2D eigenvalue weighted by Crippen LogP contribution is 2.30. The van der Waals surface area contributed by atoms with Crippen LogP contribution in [0.3, 0.4) is 0 Å². The second-order valence-corrected chi connectivity index (χ2v) is 7.27. The van der Waals surface area contributed by atoms with Gasteiger partial charge in [0.05, 0.1) is 11.5 Å². The number of fused-ring (bicyclic) bond motifs is 1. The minimum atomic E-state index is -0.798. The van der Waals surface area contributed by atoms with E-state index in [0.29, 0.717) is 12.5 Å². The summed E-state index contributed by atoms with van der Waals surface area (Å²) in [5.41, 5.74) is 1.10. The number of rotatable bonds is 4. The molecule has 5 nitrogen and oxygen atoms in total. The van der Waals surface area contributed by atoms with Gasteiger partial charge in [0.15, 0.2) is 0 Å². The first-order valence-electron chi connectivity index (χ1n) is 8.29. The Balaban J connectivity index is 1.73. The molecule has 1 aromatic carbocycles. The van der Waals surface area contributed by atoms with Crippen molar-refractivity contribution in [3.05, 3.63) is 29.8 Å². The molecule has 0 unspecified atom stereocenters. The Bertz CT molecular complexity index is 609. The van der Waals surface area contributed by atoms with Gasteiger partial charge in [-0.2, -0.15) is 0 Å². The van der Waals surface area contributed by atoms with Gasteiger partial charge in [-0.15, -0.1) is 0 Å². The van der Waals surface area contributed by atoms with Crippen LogP contribution in [0.25, 0.3) is 0 Å². The number of carbonyl (C=O) groups excluding carboxylic acids is 1. The van der Waals surface area contributed by atoms with Crippen molar-refractivity contribution in [1.82, 2.24) is 4.90 Å². The van der Waals surface area contributed by atoms with Crippen LogP contribution in [0.1, 0.15) is 38.7 Å². The van der Waals surface area contributed by atoms with Crippen LogP contribution >= 0.6 is 0 Å². The summed E-state index contributed by atoms with van der Waals surface area (Å²) in [4.78, 5) is 27.6. The first kappa shape index (κ1) is 15.8. The monoisotopic (exact) mass is 316 g/mol. The van der Waals surface area contributed by atoms with Crippen molar-refractivity contribution in [1.29, 1.82) is 0 Å². The minimum Gasteiger partial charge on any atom is -0.481 e. The van der Waals surface area contributed by atoms with E-state index in [1.165, 1.54) is 6.42 Å². The third kappa shape index (κ3) is 3.05. The molecule has 2 saturated heterocycles. The second-order valence-electron chi connectivity index (χ2n) is 7.27. The van der Waals surface area contributed by atoms with Crippen LogP contribution in [0.4, 0.5) is 10.5 Å². The number of piperidine rings is 1. The molecule has 3 rings (SSSR count). The summed E-state index contributed by atoms with van der Waals surface area (Å²) in [6.45, 7) is 5.08. The molecule has 2 amide bonds. The summed E-state index contributed by atoms with van der Waals surface area (Å²) in [6, 6.07) is 8.19. The molecule has 0 bridgehead atoms. The van der Waals surface area contributed by atoms with Crippen molar-refractivity contribution < 1.29 is 14.7 Å². The first-order chi connectivity index (χ1) is 10.9. The number of hydrogen-bond donors (Lipinski definition) is 1. The average molecular weight is 316 g/mol. The van der Waals surface area contributed by atoms with Gasteiger partial charge in [0.2, 0.25) is 0 Å². The highest BCUT2D eigenvalue weighted by molar-refractivity contribution is 5.94. The normalized spacial score (nSPS) is 21.5. The van der Waals surface area contributed by atoms with E-state index in [-0.39, 0.29) is 6.03 Å². The van der Waals surface area contributed by atoms with Gasteiger partial charge in [-0.3, -0.25) is 9.69 Å². The molecule has 0 saturated carbocycles. The summed E-state index contributed by atoms with van der Waals surface area (Å²) in [5, 5.41) is 9.22. The summed E-state index contributed by atoms with van der Waals surface area (Å²) in [5.74, 6) is -0.798. The standard InChI is InChI=1S/C18H24N2O3/c1-18(2,16(21)22)11-13-6-8-14(9-7-13)20-12-15-5-3-4-10-19(15)17(20)23/h6-9,15H,3-5,10-12H2,1-2H3,(H,21,22)/t15-/m0/s1. The largest absolute Gasteiger partial charge is 0.481 e. The van der Waals surface area contributed by atoms with Crippen LogP contribution in [-0.2, 0) is 11.2 Å². The zero-order chi connectivity index (χ0) is 16.6. The number of carboxylic acid groups (broad SMARTS) is 1. The Kier molecular flexibility index (Phi) is 4.04. The summed E-state index contributed by atoms with van der Waals surface area (Å²) in [7, 11) is 0. The number of carboxylic acids is 1. The maximum absolute atomic E-state index is 12.5. The highest BCUT2D eigenvalue weighted by atomic mass is 16.4. The molecule has 1 N–H and O–H groups in total. The van der Waals surface area contributed by atoms with E-state index in [4.69, 9.17) is 0 Å². The SMILES string of the molecule is CC(C)(Cc1ccc(N2C[C@@H]3CCCCN3C2=O)cc1)C(=O)O. The average Bonchev–Trinajstić information content (AvgIpc) is 2.85. The van der Waals surface area contributed by atoms with E-state index in [1.54, 1.807) is 13.8 Å².